The van der Waals surface area contributed by atoms with Crippen molar-refractivity contribution in [2.24, 2.45) is 0 Å². The Morgan fingerprint density at radius 2 is 1.77 bits per heavy atom. The van der Waals surface area contributed by atoms with Crippen LogP contribution < -0.4 is 15.8 Å². The SMILES string of the molecule is CN(NC(=O)c1ccc(Cl)cc1NC(=O)c1cccs1)c1ccccc1. The molecule has 0 atom stereocenters. The Balaban J connectivity index is 1.80. The average molecular weight is 386 g/mol. The largest absolute Gasteiger partial charge is 0.320 e. The van der Waals surface area contributed by atoms with Crippen molar-refractivity contribution in [1.29, 1.82) is 0 Å². The molecule has 0 aliphatic heterocycles. The minimum atomic E-state index is -0.352. The fourth-order valence-corrected chi connectivity index (χ4v) is 3.13. The maximum atomic E-state index is 12.7. The standard InChI is InChI=1S/C19H16ClN3O2S/c1-23(14-6-3-2-4-7-14)22-18(24)15-10-9-13(20)12-16(15)21-19(25)17-8-5-11-26-17/h2-12H,1H3,(H,21,25)(H,22,24). The van der Waals surface area contributed by atoms with Crippen molar-refractivity contribution >= 4 is 46.1 Å². The summed E-state index contributed by atoms with van der Waals surface area (Å²) >= 11 is 7.36. The molecule has 0 bridgehead atoms. The number of benzene rings is 2. The van der Waals surface area contributed by atoms with Gasteiger partial charge in [-0.05, 0) is 41.8 Å². The highest BCUT2D eigenvalue weighted by atomic mass is 35.5. The first-order valence-electron chi connectivity index (χ1n) is 7.79. The fourth-order valence-electron chi connectivity index (χ4n) is 2.34. The molecule has 1 heterocycles. The van der Waals surface area contributed by atoms with Gasteiger partial charge in [0.15, 0.2) is 0 Å². The van der Waals surface area contributed by atoms with E-state index in [0.29, 0.717) is 21.2 Å². The number of nitrogens with zero attached hydrogens (tertiary/aromatic N) is 1. The summed E-state index contributed by atoms with van der Waals surface area (Å²) in [4.78, 5) is 25.6. The number of thiophene rings is 1. The number of rotatable bonds is 5. The van der Waals surface area contributed by atoms with Gasteiger partial charge < -0.3 is 5.32 Å². The van der Waals surface area contributed by atoms with Crippen molar-refractivity contribution in [1.82, 2.24) is 5.43 Å². The van der Waals surface area contributed by atoms with E-state index in [-0.39, 0.29) is 11.8 Å². The molecule has 26 heavy (non-hydrogen) atoms. The molecule has 132 valence electrons. The monoisotopic (exact) mass is 385 g/mol. The van der Waals surface area contributed by atoms with Crippen molar-refractivity contribution in [2.45, 2.75) is 0 Å². The van der Waals surface area contributed by atoms with E-state index in [1.165, 1.54) is 11.3 Å². The number of halogens is 1. The Labute approximate surface area is 160 Å². The molecule has 7 heteroatoms. The summed E-state index contributed by atoms with van der Waals surface area (Å²) in [5.41, 5.74) is 4.29. The molecule has 0 unspecified atom stereocenters. The van der Waals surface area contributed by atoms with Gasteiger partial charge in [-0.3, -0.25) is 20.0 Å². The van der Waals surface area contributed by atoms with E-state index in [0.717, 1.165) is 5.69 Å². The lowest BCUT2D eigenvalue weighted by molar-refractivity contribution is 0.0952. The van der Waals surface area contributed by atoms with E-state index in [1.54, 1.807) is 42.4 Å². The van der Waals surface area contributed by atoms with Gasteiger partial charge in [0.2, 0.25) is 0 Å². The van der Waals surface area contributed by atoms with Crippen LogP contribution in [-0.4, -0.2) is 18.9 Å². The fraction of sp³-hybridized carbons (Fsp3) is 0.0526. The lowest BCUT2D eigenvalue weighted by Crippen LogP contribution is -2.39. The second-order valence-electron chi connectivity index (χ2n) is 5.46. The predicted octanol–water partition coefficient (Wildman–Crippen LogP) is 4.44. The molecule has 0 aliphatic rings. The van der Waals surface area contributed by atoms with Gasteiger partial charge in [0.05, 0.1) is 21.8 Å². The van der Waals surface area contributed by atoms with Crippen LogP contribution in [0.3, 0.4) is 0 Å². The lowest BCUT2D eigenvalue weighted by atomic mass is 10.1. The van der Waals surface area contributed by atoms with Gasteiger partial charge in [0.1, 0.15) is 0 Å². The summed E-state index contributed by atoms with van der Waals surface area (Å²) in [5, 5.41) is 6.61. The maximum absolute atomic E-state index is 12.7. The van der Waals surface area contributed by atoms with E-state index in [1.807, 2.05) is 35.7 Å². The smallest absolute Gasteiger partial charge is 0.271 e. The number of hydrogen-bond donors (Lipinski definition) is 2. The third-order valence-corrected chi connectivity index (χ3v) is 4.74. The van der Waals surface area contributed by atoms with Crippen LogP contribution in [0.5, 0.6) is 0 Å². The van der Waals surface area contributed by atoms with E-state index in [9.17, 15) is 9.59 Å². The number of carbonyl (C=O) groups excluding carboxylic acids is 2. The number of para-hydroxylation sites is 1. The number of anilines is 2. The van der Waals surface area contributed by atoms with Crippen LogP contribution in [0.15, 0.2) is 66.0 Å². The molecule has 0 aliphatic carbocycles. The number of hydrogen-bond acceptors (Lipinski definition) is 4. The first kappa shape index (κ1) is 18.0. The first-order valence-corrected chi connectivity index (χ1v) is 9.04. The molecule has 0 spiro atoms. The summed E-state index contributed by atoms with van der Waals surface area (Å²) < 4.78 is 0. The Hall–Kier alpha value is -2.83. The van der Waals surface area contributed by atoms with Crippen LogP contribution in [-0.2, 0) is 0 Å². The summed E-state index contributed by atoms with van der Waals surface area (Å²) in [6.45, 7) is 0. The second-order valence-corrected chi connectivity index (χ2v) is 6.84. The molecular weight excluding hydrogens is 370 g/mol. The highest BCUT2D eigenvalue weighted by Gasteiger charge is 2.17. The topological polar surface area (TPSA) is 61.4 Å². The summed E-state index contributed by atoms with van der Waals surface area (Å²) in [5.74, 6) is -0.637. The Morgan fingerprint density at radius 3 is 2.46 bits per heavy atom. The molecule has 2 N–H and O–H groups in total. The van der Waals surface area contributed by atoms with Crippen molar-refractivity contribution in [3.63, 3.8) is 0 Å². The Bertz CT molecular complexity index is 914. The van der Waals surface area contributed by atoms with Crippen LogP contribution in [0.2, 0.25) is 5.02 Å². The van der Waals surface area contributed by atoms with Crippen LogP contribution in [0.1, 0.15) is 20.0 Å². The van der Waals surface area contributed by atoms with E-state index in [2.05, 4.69) is 10.7 Å². The first-order chi connectivity index (χ1) is 12.5. The molecule has 0 radical (unpaired) electrons. The van der Waals surface area contributed by atoms with E-state index >= 15 is 0 Å². The van der Waals surface area contributed by atoms with Crippen molar-refractivity contribution in [2.75, 3.05) is 17.4 Å². The highest BCUT2D eigenvalue weighted by Crippen LogP contribution is 2.23. The summed E-state index contributed by atoms with van der Waals surface area (Å²) in [6, 6.07) is 17.7. The molecule has 0 fully saturated rings. The maximum Gasteiger partial charge on any atom is 0.271 e. The van der Waals surface area contributed by atoms with Gasteiger partial charge >= 0.3 is 0 Å². The quantitative estimate of drug-likeness (QED) is 0.638. The minimum absolute atomic E-state index is 0.285. The molecule has 5 nitrogen and oxygen atoms in total. The second kappa shape index (κ2) is 8.03. The van der Waals surface area contributed by atoms with Gasteiger partial charge in [-0.2, -0.15) is 0 Å². The lowest BCUT2D eigenvalue weighted by Gasteiger charge is -2.21. The Kier molecular flexibility index (Phi) is 5.55. The summed E-state index contributed by atoms with van der Waals surface area (Å²) in [6.07, 6.45) is 0. The third kappa shape index (κ3) is 4.22. The van der Waals surface area contributed by atoms with Gasteiger partial charge in [0.25, 0.3) is 11.8 Å². The van der Waals surface area contributed by atoms with Crippen LogP contribution >= 0.6 is 22.9 Å². The molecule has 3 aromatic rings. The van der Waals surface area contributed by atoms with Crippen molar-refractivity contribution in [3.8, 4) is 0 Å². The molecule has 1 aromatic heterocycles. The minimum Gasteiger partial charge on any atom is -0.320 e. The molecule has 0 saturated carbocycles. The van der Waals surface area contributed by atoms with E-state index in [4.69, 9.17) is 11.6 Å². The van der Waals surface area contributed by atoms with Gasteiger partial charge in [-0.1, -0.05) is 35.9 Å². The van der Waals surface area contributed by atoms with Crippen LogP contribution in [0.4, 0.5) is 11.4 Å². The van der Waals surface area contributed by atoms with Gasteiger partial charge in [-0.15, -0.1) is 11.3 Å². The molecule has 2 aromatic carbocycles. The van der Waals surface area contributed by atoms with E-state index < -0.39 is 0 Å². The molecule has 3 rings (SSSR count). The third-order valence-electron chi connectivity index (χ3n) is 3.63. The summed E-state index contributed by atoms with van der Waals surface area (Å²) in [7, 11) is 1.74. The van der Waals surface area contributed by atoms with Crippen LogP contribution in [0, 0.1) is 0 Å². The molecular formula is C19H16ClN3O2S. The van der Waals surface area contributed by atoms with Gasteiger partial charge in [-0.25, -0.2) is 0 Å². The van der Waals surface area contributed by atoms with Crippen molar-refractivity contribution < 1.29 is 9.59 Å². The molecule has 0 saturated heterocycles. The predicted molar refractivity (Wildman–Crippen MR) is 106 cm³/mol. The normalized spacial score (nSPS) is 10.2. The zero-order valence-electron chi connectivity index (χ0n) is 13.9. The zero-order chi connectivity index (χ0) is 18.5. The van der Waals surface area contributed by atoms with Gasteiger partial charge in [0, 0.05) is 12.1 Å². The number of nitrogens with one attached hydrogen (secondary N) is 2. The zero-order valence-corrected chi connectivity index (χ0v) is 15.5. The average Bonchev–Trinajstić information content (AvgIpc) is 3.17. The highest BCUT2D eigenvalue weighted by molar-refractivity contribution is 7.12. The number of hydrazine groups is 1. The van der Waals surface area contributed by atoms with Crippen LogP contribution in [0.25, 0.3) is 0 Å². The Morgan fingerprint density at radius 1 is 1.00 bits per heavy atom. The van der Waals surface area contributed by atoms with Crippen molar-refractivity contribution in [3.05, 3.63) is 81.5 Å². The molecule has 2 amide bonds. The number of carbonyl (C=O) groups is 2. The number of amides is 2.